The highest BCUT2D eigenvalue weighted by Gasteiger charge is 2.39. The van der Waals surface area contributed by atoms with Crippen molar-refractivity contribution in [1.29, 1.82) is 0 Å². The number of hydrogen-bond acceptors (Lipinski definition) is 5. The van der Waals surface area contributed by atoms with E-state index in [0.717, 1.165) is 43.9 Å². The van der Waals surface area contributed by atoms with Crippen LogP contribution in [0.15, 0.2) is 46.1 Å². The van der Waals surface area contributed by atoms with Crippen LogP contribution in [-0.4, -0.2) is 62.1 Å². The van der Waals surface area contributed by atoms with Gasteiger partial charge in [-0.3, -0.25) is 14.4 Å². The van der Waals surface area contributed by atoms with Crippen LogP contribution >= 0.6 is 0 Å². The molecule has 0 saturated carbocycles. The van der Waals surface area contributed by atoms with Crippen LogP contribution in [0.5, 0.6) is 0 Å². The zero-order chi connectivity index (χ0) is 22.5. The van der Waals surface area contributed by atoms with Crippen LogP contribution in [0.3, 0.4) is 0 Å². The first kappa shape index (κ1) is 21.7. The van der Waals surface area contributed by atoms with E-state index < -0.39 is 10.0 Å². The second-order valence-corrected chi connectivity index (χ2v) is 11.5. The molecule has 0 radical (unpaired) electrons. The van der Waals surface area contributed by atoms with E-state index in [1.165, 1.54) is 18.9 Å². The lowest BCUT2D eigenvalue weighted by atomic mass is 9.81. The maximum atomic E-state index is 13.1. The standard InChI is InChI=1S/C24H32N4O3S/c1-17-3-5-21(6-4-17)32(30,31)25-22-7-8-23(29)28-15-18-13-19(24(22)28)16-27(14-18)20-9-11-26(2)12-10-20/h3-8,18-20,25H,9-16H2,1-2H3/t18-,19+/m0/s1. The van der Waals surface area contributed by atoms with Crippen LogP contribution in [0.4, 0.5) is 5.69 Å². The normalized spacial score (nSPS) is 24.8. The molecule has 3 aliphatic heterocycles. The number of piperidine rings is 2. The summed E-state index contributed by atoms with van der Waals surface area (Å²) in [6, 6.07) is 10.6. The van der Waals surface area contributed by atoms with Crippen molar-refractivity contribution >= 4 is 15.7 Å². The number of nitrogens with zero attached hydrogens (tertiary/aromatic N) is 3. The third-order valence-electron chi connectivity index (χ3n) is 7.40. The van der Waals surface area contributed by atoms with Crippen molar-refractivity contribution in [1.82, 2.24) is 14.4 Å². The smallest absolute Gasteiger partial charge is 0.261 e. The summed E-state index contributed by atoms with van der Waals surface area (Å²) in [6.07, 6.45) is 3.35. The number of sulfonamides is 1. The Hall–Kier alpha value is -2.16. The Labute approximate surface area is 190 Å². The Morgan fingerprint density at radius 3 is 2.41 bits per heavy atom. The van der Waals surface area contributed by atoms with Gasteiger partial charge in [0.25, 0.3) is 15.6 Å². The Balaban J connectivity index is 1.45. The second kappa shape index (κ2) is 8.32. The number of anilines is 1. The summed E-state index contributed by atoms with van der Waals surface area (Å²) in [5.74, 6) is 0.592. The Morgan fingerprint density at radius 2 is 1.69 bits per heavy atom. The van der Waals surface area contributed by atoms with Gasteiger partial charge in [-0.1, -0.05) is 17.7 Å². The topological polar surface area (TPSA) is 74.6 Å². The highest BCUT2D eigenvalue weighted by Crippen LogP contribution is 2.40. The molecule has 1 N–H and O–H groups in total. The molecule has 0 aliphatic carbocycles. The number of nitrogens with one attached hydrogen (secondary N) is 1. The first-order chi connectivity index (χ1) is 15.3. The van der Waals surface area contributed by atoms with E-state index in [1.54, 1.807) is 30.3 Å². The molecule has 5 rings (SSSR count). The number of benzene rings is 1. The predicted octanol–water partition coefficient (Wildman–Crippen LogP) is 2.47. The molecular formula is C24H32N4O3S. The molecule has 2 aromatic rings. The summed E-state index contributed by atoms with van der Waals surface area (Å²) in [7, 11) is -1.55. The van der Waals surface area contributed by atoms with Gasteiger partial charge in [-0.25, -0.2) is 8.42 Å². The molecule has 3 aliphatic rings. The molecule has 0 unspecified atom stereocenters. The van der Waals surface area contributed by atoms with E-state index in [1.807, 2.05) is 11.5 Å². The summed E-state index contributed by atoms with van der Waals surface area (Å²) in [5.41, 5.74) is 2.36. The third-order valence-corrected chi connectivity index (χ3v) is 8.78. The molecule has 1 aromatic carbocycles. The van der Waals surface area contributed by atoms with Gasteiger partial charge in [0.05, 0.1) is 10.6 Å². The van der Waals surface area contributed by atoms with E-state index in [4.69, 9.17) is 0 Å². The molecule has 7 nitrogen and oxygen atoms in total. The highest BCUT2D eigenvalue weighted by molar-refractivity contribution is 7.92. The Kier molecular flexibility index (Phi) is 5.63. The molecule has 2 atom stereocenters. The van der Waals surface area contributed by atoms with Gasteiger partial charge < -0.3 is 9.47 Å². The van der Waals surface area contributed by atoms with Crippen molar-refractivity contribution in [3.63, 3.8) is 0 Å². The van der Waals surface area contributed by atoms with E-state index in [0.29, 0.717) is 24.2 Å². The molecule has 2 bridgehead atoms. The van der Waals surface area contributed by atoms with Gasteiger partial charge in [0.2, 0.25) is 0 Å². The minimum atomic E-state index is -3.73. The van der Waals surface area contributed by atoms with Crippen molar-refractivity contribution in [3.05, 3.63) is 58.0 Å². The summed E-state index contributed by atoms with van der Waals surface area (Å²) in [6.45, 7) is 6.74. The molecule has 2 saturated heterocycles. The minimum absolute atomic E-state index is 0.0410. The fraction of sp³-hybridized carbons (Fsp3) is 0.542. The minimum Gasteiger partial charge on any atom is -0.310 e. The van der Waals surface area contributed by atoms with Gasteiger partial charge >= 0.3 is 0 Å². The van der Waals surface area contributed by atoms with E-state index in [-0.39, 0.29) is 16.4 Å². The fourth-order valence-corrected chi connectivity index (χ4v) is 6.79. The lowest BCUT2D eigenvalue weighted by Gasteiger charge is -2.47. The molecule has 2 fully saturated rings. The zero-order valence-corrected chi connectivity index (χ0v) is 19.6. The second-order valence-electron chi connectivity index (χ2n) is 9.79. The van der Waals surface area contributed by atoms with Crippen LogP contribution < -0.4 is 10.3 Å². The van der Waals surface area contributed by atoms with Gasteiger partial charge in [-0.15, -0.1) is 0 Å². The van der Waals surface area contributed by atoms with Crippen LogP contribution in [0, 0.1) is 12.8 Å². The lowest BCUT2D eigenvalue weighted by Crippen LogP contribution is -2.53. The number of aromatic nitrogens is 1. The van der Waals surface area contributed by atoms with Crippen LogP contribution in [0.25, 0.3) is 0 Å². The quantitative estimate of drug-likeness (QED) is 0.765. The van der Waals surface area contributed by atoms with Gasteiger partial charge in [-0.05, 0) is 70.4 Å². The molecule has 4 heterocycles. The maximum absolute atomic E-state index is 13.1. The van der Waals surface area contributed by atoms with E-state index in [2.05, 4.69) is 21.6 Å². The van der Waals surface area contributed by atoms with Gasteiger partial charge in [0.15, 0.2) is 0 Å². The van der Waals surface area contributed by atoms with Crippen LogP contribution in [0.2, 0.25) is 0 Å². The molecule has 8 heteroatoms. The van der Waals surface area contributed by atoms with Crippen molar-refractivity contribution in [2.45, 2.75) is 49.6 Å². The van der Waals surface area contributed by atoms with Crippen LogP contribution in [-0.2, 0) is 16.6 Å². The highest BCUT2D eigenvalue weighted by atomic mass is 32.2. The molecule has 0 amide bonds. The number of fused-ring (bicyclic) bond motifs is 4. The van der Waals surface area contributed by atoms with Crippen molar-refractivity contribution in [2.24, 2.45) is 5.92 Å². The summed E-state index contributed by atoms with van der Waals surface area (Å²) in [4.78, 5) is 17.9. The van der Waals surface area contributed by atoms with Crippen molar-refractivity contribution in [3.8, 4) is 0 Å². The average molecular weight is 457 g/mol. The van der Waals surface area contributed by atoms with Gasteiger partial charge in [0.1, 0.15) is 0 Å². The monoisotopic (exact) mass is 456 g/mol. The van der Waals surface area contributed by atoms with Crippen molar-refractivity contribution < 1.29 is 8.42 Å². The van der Waals surface area contributed by atoms with E-state index >= 15 is 0 Å². The number of aryl methyl sites for hydroxylation is 1. The van der Waals surface area contributed by atoms with Crippen LogP contribution in [0.1, 0.15) is 36.4 Å². The fourth-order valence-electron chi connectivity index (χ4n) is 5.72. The molecule has 32 heavy (non-hydrogen) atoms. The van der Waals surface area contributed by atoms with E-state index in [9.17, 15) is 13.2 Å². The molecule has 1 aromatic heterocycles. The summed E-state index contributed by atoms with van der Waals surface area (Å²) >= 11 is 0. The number of hydrogen-bond donors (Lipinski definition) is 1. The first-order valence-electron chi connectivity index (χ1n) is 11.6. The lowest BCUT2D eigenvalue weighted by molar-refractivity contribution is 0.0519. The first-order valence-corrected chi connectivity index (χ1v) is 13.0. The summed E-state index contributed by atoms with van der Waals surface area (Å²) in [5, 5.41) is 0. The van der Waals surface area contributed by atoms with Gasteiger partial charge in [-0.2, -0.15) is 0 Å². The molecule has 0 spiro atoms. The van der Waals surface area contributed by atoms with Crippen molar-refractivity contribution in [2.75, 3.05) is 37.9 Å². The predicted molar refractivity (Wildman–Crippen MR) is 126 cm³/mol. The zero-order valence-electron chi connectivity index (χ0n) is 18.8. The molecule has 172 valence electrons. The summed E-state index contributed by atoms with van der Waals surface area (Å²) < 4.78 is 30.8. The SMILES string of the molecule is Cc1ccc(S(=O)(=O)Nc2ccc(=O)n3c2[C@@H]2C[C@@H](CN(C4CCN(C)CC4)C2)C3)cc1. The average Bonchev–Trinajstić information content (AvgIpc) is 2.76. The number of rotatable bonds is 4. The Bertz CT molecular complexity index is 1150. The number of likely N-dealkylation sites (tertiary alicyclic amines) is 2. The maximum Gasteiger partial charge on any atom is 0.261 e. The largest absolute Gasteiger partial charge is 0.310 e. The molecular weight excluding hydrogens is 424 g/mol. The third kappa shape index (κ3) is 4.11. The Morgan fingerprint density at radius 1 is 0.969 bits per heavy atom. The van der Waals surface area contributed by atoms with Gasteiger partial charge in [0, 0.05) is 43.4 Å². The number of pyridine rings is 1.